The van der Waals surface area contributed by atoms with Gasteiger partial charge in [0.05, 0.1) is 16.2 Å². The highest BCUT2D eigenvalue weighted by Gasteiger charge is 2.14. The molecule has 1 aromatic carbocycles. The largest absolute Gasteiger partial charge is 0.478 e. The predicted octanol–water partition coefficient (Wildman–Crippen LogP) is 1.99. The molecule has 0 atom stereocenters. The number of anilines is 1. The first-order chi connectivity index (χ1) is 10.1. The molecule has 2 rings (SSSR count). The Balaban J connectivity index is 2.01. The van der Waals surface area contributed by atoms with Gasteiger partial charge >= 0.3 is 5.97 Å². The number of nitro benzene ring substituents is 1. The number of carbonyl (C=O) groups is 1. The molecule has 0 aliphatic rings. The van der Waals surface area contributed by atoms with E-state index in [1.54, 1.807) is 10.9 Å². The first-order valence-corrected chi connectivity index (χ1v) is 6.31. The minimum absolute atomic E-state index is 0.0136. The molecule has 21 heavy (non-hydrogen) atoms. The molecule has 0 aliphatic carbocycles. The van der Waals surface area contributed by atoms with Gasteiger partial charge in [-0.2, -0.15) is 5.10 Å². The van der Waals surface area contributed by atoms with Crippen LogP contribution < -0.4 is 5.32 Å². The molecule has 0 saturated heterocycles. The Kier molecular flexibility index (Phi) is 4.50. The predicted molar refractivity (Wildman–Crippen MR) is 75.4 cm³/mol. The fourth-order valence-corrected chi connectivity index (χ4v) is 1.88. The summed E-state index contributed by atoms with van der Waals surface area (Å²) in [7, 11) is 0. The summed E-state index contributed by atoms with van der Waals surface area (Å²) < 4.78 is 1.76. The summed E-state index contributed by atoms with van der Waals surface area (Å²) in [6, 6.07) is 5.46. The van der Waals surface area contributed by atoms with Crippen molar-refractivity contribution >= 4 is 17.3 Å². The van der Waals surface area contributed by atoms with Gasteiger partial charge in [-0.05, 0) is 18.6 Å². The number of benzene rings is 1. The molecule has 0 fully saturated rings. The monoisotopic (exact) mass is 290 g/mol. The average Bonchev–Trinajstić information content (AvgIpc) is 2.96. The van der Waals surface area contributed by atoms with Crippen molar-refractivity contribution < 1.29 is 14.8 Å². The number of aromatic nitrogens is 2. The molecule has 0 bridgehead atoms. The van der Waals surface area contributed by atoms with Crippen LogP contribution in [-0.2, 0) is 6.54 Å². The van der Waals surface area contributed by atoms with Crippen LogP contribution in [0.5, 0.6) is 0 Å². The molecule has 0 saturated carbocycles. The minimum Gasteiger partial charge on any atom is -0.478 e. The lowest BCUT2D eigenvalue weighted by Crippen LogP contribution is -2.10. The van der Waals surface area contributed by atoms with Gasteiger partial charge in [0.1, 0.15) is 0 Å². The van der Waals surface area contributed by atoms with Gasteiger partial charge in [0.15, 0.2) is 0 Å². The number of hydrogen-bond donors (Lipinski definition) is 2. The Morgan fingerprint density at radius 1 is 1.48 bits per heavy atom. The van der Waals surface area contributed by atoms with E-state index in [4.69, 9.17) is 5.11 Å². The highest BCUT2D eigenvalue weighted by Crippen LogP contribution is 2.22. The Hall–Kier alpha value is -2.90. The standard InChI is InChI=1S/C13H14N4O4/c18-13(19)11-4-3-10(17(20)21)9-12(11)14-5-1-7-16-8-2-6-15-16/h2-4,6,8-9,14H,1,5,7H2,(H,18,19). The SMILES string of the molecule is O=C(O)c1ccc([N+](=O)[O-])cc1NCCCn1cccn1. The zero-order valence-electron chi connectivity index (χ0n) is 11.1. The molecule has 1 heterocycles. The normalized spacial score (nSPS) is 10.3. The quantitative estimate of drug-likeness (QED) is 0.458. The number of nitrogens with zero attached hydrogens (tertiary/aromatic N) is 3. The van der Waals surface area contributed by atoms with Crippen LogP contribution in [-0.4, -0.2) is 32.3 Å². The Morgan fingerprint density at radius 3 is 2.90 bits per heavy atom. The molecule has 0 amide bonds. The van der Waals surface area contributed by atoms with Crippen molar-refractivity contribution in [1.82, 2.24) is 9.78 Å². The van der Waals surface area contributed by atoms with Gasteiger partial charge < -0.3 is 10.4 Å². The third kappa shape index (κ3) is 3.78. The van der Waals surface area contributed by atoms with Crippen molar-refractivity contribution in [2.45, 2.75) is 13.0 Å². The summed E-state index contributed by atoms with van der Waals surface area (Å²) in [5.41, 5.74) is 0.117. The number of carboxylic acid groups (broad SMARTS) is 1. The highest BCUT2D eigenvalue weighted by molar-refractivity contribution is 5.94. The van der Waals surface area contributed by atoms with Gasteiger partial charge in [-0.3, -0.25) is 14.8 Å². The van der Waals surface area contributed by atoms with Gasteiger partial charge in [-0.25, -0.2) is 4.79 Å². The Labute approximate surface area is 120 Å². The molecule has 110 valence electrons. The van der Waals surface area contributed by atoms with Crippen LogP contribution >= 0.6 is 0 Å². The number of nitrogens with one attached hydrogen (secondary N) is 1. The lowest BCUT2D eigenvalue weighted by molar-refractivity contribution is -0.384. The van der Waals surface area contributed by atoms with Crippen molar-refractivity contribution in [3.8, 4) is 0 Å². The Morgan fingerprint density at radius 2 is 2.29 bits per heavy atom. The summed E-state index contributed by atoms with van der Waals surface area (Å²) in [5.74, 6) is -1.13. The highest BCUT2D eigenvalue weighted by atomic mass is 16.6. The first-order valence-electron chi connectivity index (χ1n) is 6.31. The van der Waals surface area contributed by atoms with E-state index in [9.17, 15) is 14.9 Å². The molecular weight excluding hydrogens is 276 g/mol. The third-order valence-electron chi connectivity index (χ3n) is 2.88. The molecule has 8 heteroatoms. The molecule has 8 nitrogen and oxygen atoms in total. The van der Waals surface area contributed by atoms with Crippen LogP contribution in [0.3, 0.4) is 0 Å². The van der Waals surface area contributed by atoms with Gasteiger partial charge in [0.25, 0.3) is 5.69 Å². The van der Waals surface area contributed by atoms with Crippen molar-refractivity contribution in [3.63, 3.8) is 0 Å². The molecular formula is C13H14N4O4. The zero-order chi connectivity index (χ0) is 15.2. The topological polar surface area (TPSA) is 110 Å². The van der Waals surface area contributed by atoms with E-state index in [1.807, 2.05) is 12.3 Å². The van der Waals surface area contributed by atoms with Gasteiger partial charge in [-0.1, -0.05) is 0 Å². The summed E-state index contributed by atoms with van der Waals surface area (Å²) >= 11 is 0. The van der Waals surface area contributed by atoms with E-state index in [0.29, 0.717) is 19.5 Å². The van der Waals surface area contributed by atoms with Crippen LogP contribution in [0.15, 0.2) is 36.7 Å². The fourth-order valence-electron chi connectivity index (χ4n) is 1.88. The maximum atomic E-state index is 11.1. The maximum Gasteiger partial charge on any atom is 0.337 e. The number of non-ortho nitro benzene ring substituents is 1. The van der Waals surface area contributed by atoms with Gasteiger partial charge in [0, 0.05) is 37.6 Å². The lowest BCUT2D eigenvalue weighted by atomic mass is 10.1. The van der Waals surface area contributed by atoms with Crippen molar-refractivity contribution in [2.24, 2.45) is 0 Å². The number of carboxylic acids is 1. The molecule has 0 aliphatic heterocycles. The van der Waals surface area contributed by atoms with Crippen LogP contribution in [0.25, 0.3) is 0 Å². The summed E-state index contributed by atoms with van der Waals surface area (Å²) in [6.07, 6.45) is 4.22. The summed E-state index contributed by atoms with van der Waals surface area (Å²) in [6.45, 7) is 1.17. The van der Waals surface area contributed by atoms with Crippen LogP contribution in [0.2, 0.25) is 0 Å². The molecule has 0 spiro atoms. The third-order valence-corrected chi connectivity index (χ3v) is 2.88. The molecule has 0 radical (unpaired) electrons. The fraction of sp³-hybridized carbons (Fsp3) is 0.231. The van der Waals surface area contributed by atoms with E-state index in [0.717, 1.165) is 0 Å². The van der Waals surface area contributed by atoms with E-state index in [1.165, 1.54) is 18.2 Å². The smallest absolute Gasteiger partial charge is 0.337 e. The number of aromatic carboxylic acids is 1. The van der Waals surface area contributed by atoms with Crippen molar-refractivity contribution in [3.05, 3.63) is 52.3 Å². The first kappa shape index (κ1) is 14.5. The van der Waals surface area contributed by atoms with E-state index in [-0.39, 0.29) is 16.9 Å². The molecule has 0 unspecified atom stereocenters. The second-order valence-electron chi connectivity index (χ2n) is 4.34. The van der Waals surface area contributed by atoms with E-state index < -0.39 is 10.9 Å². The molecule has 2 N–H and O–H groups in total. The molecule has 2 aromatic rings. The van der Waals surface area contributed by atoms with Crippen molar-refractivity contribution in [2.75, 3.05) is 11.9 Å². The van der Waals surface area contributed by atoms with Crippen molar-refractivity contribution in [1.29, 1.82) is 0 Å². The minimum atomic E-state index is -1.13. The number of aryl methyl sites for hydroxylation is 1. The second kappa shape index (κ2) is 6.51. The Bertz CT molecular complexity index is 640. The second-order valence-corrected chi connectivity index (χ2v) is 4.34. The number of rotatable bonds is 7. The van der Waals surface area contributed by atoms with E-state index >= 15 is 0 Å². The van der Waals surface area contributed by atoms with E-state index in [2.05, 4.69) is 10.4 Å². The summed E-state index contributed by atoms with van der Waals surface area (Å²) in [5, 5.41) is 26.8. The molecule has 1 aromatic heterocycles. The average molecular weight is 290 g/mol. The summed E-state index contributed by atoms with van der Waals surface area (Å²) in [4.78, 5) is 21.3. The van der Waals surface area contributed by atoms with Crippen LogP contribution in [0.4, 0.5) is 11.4 Å². The van der Waals surface area contributed by atoms with Gasteiger partial charge in [0.2, 0.25) is 0 Å². The maximum absolute atomic E-state index is 11.1. The van der Waals surface area contributed by atoms with Crippen LogP contribution in [0.1, 0.15) is 16.8 Å². The van der Waals surface area contributed by atoms with Gasteiger partial charge in [-0.15, -0.1) is 0 Å². The number of nitro groups is 1. The lowest BCUT2D eigenvalue weighted by Gasteiger charge is -2.09. The van der Waals surface area contributed by atoms with Crippen LogP contribution in [0, 0.1) is 10.1 Å². The zero-order valence-corrected chi connectivity index (χ0v) is 11.1. The number of hydrogen-bond acceptors (Lipinski definition) is 5.